The zero-order valence-electron chi connectivity index (χ0n) is 17.8. The number of nitrogens with zero attached hydrogens (tertiary/aromatic N) is 2. The minimum Gasteiger partial charge on any atom is -0.334 e. The third-order valence-corrected chi connectivity index (χ3v) is 6.96. The van der Waals surface area contributed by atoms with Gasteiger partial charge in [0.15, 0.2) is 0 Å². The molecule has 1 amide bonds. The molecule has 0 saturated carbocycles. The number of carbonyl (C=O) groups excluding carboxylic acids is 1. The fraction of sp³-hybridized carbons (Fsp3) is 0.304. The highest BCUT2D eigenvalue weighted by molar-refractivity contribution is 7.90. The molecular formula is C23H22F3N3O3S. The number of sulfonamides is 1. The van der Waals surface area contributed by atoms with Gasteiger partial charge in [0.25, 0.3) is 5.91 Å². The Morgan fingerprint density at radius 1 is 1.12 bits per heavy atom. The lowest BCUT2D eigenvalue weighted by molar-refractivity contribution is -0.0448. The maximum atomic E-state index is 13.4. The van der Waals surface area contributed by atoms with Gasteiger partial charge in [0, 0.05) is 30.7 Å². The van der Waals surface area contributed by atoms with Crippen LogP contribution in [0.15, 0.2) is 54.7 Å². The van der Waals surface area contributed by atoms with Crippen molar-refractivity contribution < 1.29 is 26.4 Å². The van der Waals surface area contributed by atoms with Gasteiger partial charge in [-0.15, -0.1) is 0 Å². The van der Waals surface area contributed by atoms with E-state index < -0.39 is 28.1 Å². The topological polar surface area (TPSA) is 79.4 Å². The Bertz CT molecular complexity index is 1290. The number of aryl methyl sites for hydroxylation is 1. The zero-order chi connectivity index (χ0) is 23.8. The Labute approximate surface area is 189 Å². The largest absolute Gasteiger partial charge is 0.511 e. The third kappa shape index (κ3) is 4.72. The van der Waals surface area contributed by atoms with Crippen LogP contribution in [0.25, 0.3) is 22.0 Å². The second kappa shape index (κ2) is 8.75. The van der Waals surface area contributed by atoms with Gasteiger partial charge in [0.2, 0.25) is 0 Å². The van der Waals surface area contributed by atoms with Crippen LogP contribution < -0.4 is 4.72 Å². The predicted octanol–water partition coefficient (Wildman–Crippen LogP) is 4.25. The van der Waals surface area contributed by atoms with Crippen LogP contribution in [-0.2, 0) is 10.0 Å². The fourth-order valence-corrected chi connectivity index (χ4v) is 4.59. The molecule has 0 spiro atoms. The SMILES string of the molecule is Cc1ccc(-c2ccc3nccc(C(=O)N4CCCC4CNS(=O)(=O)C(F)(F)F)c3c2)cc1. The normalized spacial score (nSPS) is 17.0. The van der Waals surface area contributed by atoms with Gasteiger partial charge in [-0.2, -0.15) is 13.2 Å². The Kier molecular flexibility index (Phi) is 6.15. The molecule has 1 N–H and O–H groups in total. The number of halogens is 3. The van der Waals surface area contributed by atoms with Crippen LogP contribution >= 0.6 is 0 Å². The van der Waals surface area contributed by atoms with Gasteiger partial charge in [-0.3, -0.25) is 9.78 Å². The minimum atomic E-state index is -5.47. The fourth-order valence-electron chi connectivity index (χ4n) is 4.02. The molecule has 6 nitrogen and oxygen atoms in total. The molecule has 1 aromatic heterocycles. The van der Waals surface area contributed by atoms with Gasteiger partial charge in [-0.25, -0.2) is 13.1 Å². The molecule has 3 aromatic rings. The number of rotatable bonds is 5. The van der Waals surface area contributed by atoms with E-state index in [1.807, 2.05) is 49.4 Å². The second-order valence-electron chi connectivity index (χ2n) is 8.05. The van der Waals surface area contributed by atoms with E-state index in [0.29, 0.717) is 35.9 Å². The van der Waals surface area contributed by atoms with Gasteiger partial charge in [0.05, 0.1) is 11.1 Å². The quantitative estimate of drug-likeness (QED) is 0.596. The summed E-state index contributed by atoms with van der Waals surface area (Å²) in [7, 11) is -5.47. The Morgan fingerprint density at radius 3 is 2.52 bits per heavy atom. The average Bonchev–Trinajstić information content (AvgIpc) is 3.25. The number of aromatic nitrogens is 1. The van der Waals surface area contributed by atoms with E-state index in [0.717, 1.165) is 16.7 Å². The Morgan fingerprint density at radius 2 is 1.82 bits per heavy atom. The van der Waals surface area contributed by atoms with Crippen molar-refractivity contribution in [2.24, 2.45) is 0 Å². The molecule has 1 saturated heterocycles. The molecule has 1 unspecified atom stereocenters. The molecule has 10 heteroatoms. The van der Waals surface area contributed by atoms with Crippen LogP contribution in [0.3, 0.4) is 0 Å². The van der Waals surface area contributed by atoms with E-state index in [1.54, 1.807) is 10.8 Å². The van der Waals surface area contributed by atoms with Crippen molar-refractivity contribution in [3.05, 3.63) is 65.9 Å². The highest BCUT2D eigenvalue weighted by Gasteiger charge is 2.46. The van der Waals surface area contributed by atoms with E-state index in [9.17, 15) is 26.4 Å². The molecule has 4 rings (SSSR count). The molecule has 1 aliphatic heterocycles. The lowest BCUT2D eigenvalue weighted by atomic mass is 9.99. The lowest BCUT2D eigenvalue weighted by Gasteiger charge is -2.25. The van der Waals surface area contributed by atoms with Crippen LogP contribution in [-0.4, -0.2) is 48.8 Å². The summed E-state index contributed by atoms with van der Waals surface area (Å²) in [4.78, 5) is 19.1. The summed E-state index contributed by atoms with van der Waals surface area (Å²) in [6, 6.07) is 14.5. The maximum absolute atomic E-state index is 13.4. The number of hydrogen-bond acceptors (Lipinski definition) is 4. The summed E-state index contributed by atoms with van der Waals surface area (Å²) in [5, 5.41) is 0.627. The van der Waals surface area contributed by atoms with Crippen molar-refractivity contribution >= 4 is 26.8 Å². The van der Waals surface area contributed by atoms with Crippen molar-refractivity contribution in [2.75, 3.05) is 13.1 Å². The number of benzene rings is 2. The van der Waals surface area contributed by atoms with Gasteiger partial charge >= 0.3 is 15.5 Å². The van der Waals surface area contributed by atoms with Crippen LogP contribution in [0.5, 0.6) is 0 Å². The Balaban J connectivity index is 1.63. The monoisotopic (exact) mass is 477 g/mol. The number of pyridine rings is 1. The van der Waals surface area contributed by atoms with Gasteiger partial charge in [0.1, 0.15) is 0 Å². The van der Waals surface area contributed by atoms with E-state index in [1.165, 1.54) is 11.1 Å². The van der Waals surface area contributed by atoms with Crippen LogP contribution in [0.4, 0.5) is 13.2 Å². The summed E-state index contributed by atoms with van der Waals surface area (Å²) < 4.78 is 62.3. The van der Waals surface area contributed by atoms with Crippen molar-refractivity contribution in [1.82, 2.24) is 14.6 Å². The Hall–Kier alpha value is -2.98. The number of likely N-dealkylation sites (tertiary alicyclic amines) is 1. The summed E-state index contributed by atoms with van der Waals surface area (Å²) in [6.45, 7) is 1.83. The second-order valence-corrected chi connectivity index (χ2v) is 9.81. The number of fused-ring (bicyclic) bond motifs is 1. The molecule has 174 valence electrons. The molecule has 33 heavy (non-hydrogen) atoms. The van der Waals surface area contributed by atoms with E-state index in [-0.39, 0.29) is 5.91 Å². The highest BCUT2D eigenvalue weighted by atomic mass is 32.2. The molecule has 1 aliphatic rings. The maximum Gasteiger partial charge on any atom is 0.511 e. The molecule has 2 aromatic carbocycles. The molecule has 0 radical (unpaired) electrons. The minimum absolute atomic E-state index is 0.332. The molecular weight excluding hydrogens is 455 g/mol. The molecule has 0 bridgehead atoms. The summed E-state index contributed by atoms with van der Waals surface area (Å²) in [5.41, 5.74) is -1.40. The highest BCUT2D eigenvalue weighted by Crippen LogP contribution is 2.29. The first kappa shape index (κ1) is 23.2. The predicted molar refractivity (Wildman–Crippen MR) is 119 cm³/mol. The zero-order valence-corrected chi connectivity index (χ0v) is 18.6. The number of nitrogens with one attached hydrogen (secondary N) is 1. The van der Waals surface area contributed by atoms with Crippen LogP contribution in [0.2, 0.25) is 0 Å². The van der Waals surface area contributed by atoms with Crippen molar-refractivity contribution in [3.8, 4) is 11.1 Å². The summed E-state index contributed by atoms with van der Waals surface area (Å²) in [5.74, 6) is -0.364. The number of carbonyl (C=O) groups is 1. The smallest absolute Gasteiger partial charge is 0.334 e. The first-order chi connectivity index (χ1) is 15.6. The first-order valence-corrected chi connectivity index (χ1v) is 11.9. The van der Waals surface area contributed by atoms with E-state index in [2.05, 4.69) is 4.98 Å². The molecule has 0 aliphatic carbocycles. The molecule has 2 heterocycles. The van der Waals surface area contributed by atoms with Gasteiger partial charge in [-0.05, 0) is 49.1 Å². The number of amides is 1. The third-order valence-electron chi connectivity index (χ3n) is 5.81. The van der Waals surface area contributed by atoms with Crippen LogP contribution in [0, 0.1) is 6.92 Å². The van der Waals surface area contributed by atoms with Gasteiger partial charge < -0.3 is 4.90 Å². The lowest BCUT2D eigenvalue weighted by Crippen LogP contribution is -2.46. The molecule has 1 fully saturated rings. The first-order valence-electron chi connectivity index (χ1n) is 10.4. The van der Waals surface area contributed by atoms with E-state index in [4.69, 9.17) is 0 Å². The van der Waals surface area contributed by atoms with E-state index >= 15 is 0 Å². The summed E-state index contributed by atoms with van der Waals surface area (Å²) >= 11 is 0. The van der Waals surface area contributed by atoms with Crippen molar-refractivity contribution in [1.29, 1.82) is 0 Å². The number of hydrogen-bond donors (Lipinski definition) is 1. The molecule has 1 atom stereocenters. The van der Waals surface area contributed by atoms with Gasteiger partial charge in [-0.1, -0.05) is 35.9 Å². The summed E-state index contributed by atoms with van der Waals surface area (Å²) in [6.07, 6.45) is 2.49. The average molecular weight is 478 g/mol. The van der Waals surface area contributed by atoms with Crippen molar-refractivity contribution in [2.45, 2.75) is 31.3 Å². The standard InChI is InChI=1S/C23H22F3N3O3S/c1-15-4-6-16(7-5-15)17-8-9-21-20(13-17)19(10-11-27-21)22(30)29-12-2-3-18(29)14-28-33(31,32)23(24,25)26/h4-11,13,18,28H,2-3,12,14H2,1H3. The van der Waals surface area contributed by atoms with Crippen LogP contribution in [0.1, 0.15) is 28.8 Å². The number of alkyl halides is 3. The van der Waals surface area contributed by atoms with Crippen molar-refractivity contribution in [3.63, 3.8) is 0 Å².